The molecule has 0 atom stereocenters. The summed E-state index contributed by atoms with van der Waals surface area (Å²) in [7, 11) is 0. The minimum absolute atomic E-state index is 0. The number of rotatable bonds is 3. The molecular weight excluding hydrogens is 279 g/mol. The van der Waals surface area contributed by atoms with Crippen LogP contribution in [0.3, 0.4) is 0 Å². The van der Waals surface area contributed by atoms with Crippen molar-refractivity contribution in [1.29, 1.82) is 0 Å². The van der Waals surface area contributed by atoms with Gasteiger partial charge in [0.2, 0.25) is 0 Å². The van der Waals surface area contributed by atoms with Crippen molar-refractivity contribution in [2.75, 3.05) is 0 Å². The predicted molar refractivity (Wildman–Crippen MR) is 69.4 cm³/mol. The molecule has 0 amide bonds. The number of benzene rings is 2. The standard InChI is InChI=1S/C14H10N4O.K/c19-9-10-5-7-11(8-6-10)12-3-1-2-4-13(12)14-15-17-18-16-14;/h1-9H,(H,15,16,17,18,19);/q;+1/p-1. The van der Waals surface area contributed by atoms with Gasteiger partial charge in [0.05, 0.1) is 0 Å². The Morgan fingerprint density at radius 2 is 1.65 bits per heavy atom. The van der Waals surface area contributed by atoms with Crippen molar-refractivity contribution in [3.63, 3.8) is 0 Å². The zero-order valence-electron chi connectivity index (χ0n) is 10.9. The Morgan fingerprint density at radius 3 is 2.25 bits per heavy atom. The molecule has 0 spiro atoms. The maximum Gasteiger partial charge on any atom is 1.00 e. The number of carbonyl (C=O) groups is 1. The molecule has 92 valence electrons. The van der Waals surface area contributed by atoms with Crippen LogP contribution in [0.2, 0.25) is 0 Å². The fourth-order valence-electron chi connectivity index (χ4n) is 1.92. The van der Waals surface area contributed by atoms with Gasteiger partial charge in [-0.3, -0.25) is 15.1 Å². The largest absolute Gasteiger partial charge is 1.00 e. The minimum Gasteiger partial charge on any atom is -0.330 e. The second-order valence-electron chi connectivity index (χ2n) is 3.99. The van der Waals surface area contributed by atoms with Gasteiger partial charge in [0, 0.05) is 11.4 Å². The normalized spacial score (nSPS) is 9.80. The summed E-state index contributed by atoms with van der Waals surface area (Å²) in [5.41, 5.74) is 3.49. The summed E-state index contributed by atoms with van der Waals surface area (Å²) in [6.07, 6.45) is 0.823. The molecule has 0 aliphatic heterocycles. The maximum atomic E-state index is 10.7. The van der Waals surface area contributed by atoms with Crippen molar-refractivity contribution in [3.8, 4) is 22.5 Å². The minimum atomic E-state index is 0. The van der Waals surface area contributed by atoms with Crippen molar-refractivity contribution in [1.82, 2.24) is 20.6 Å². The first-order chi connectivity index (χ1) is 9.38. The SMILES string of the molecule is O=Cc1ccc(-c2ccccc2-c2nnn[n-]2)cc1.[K+]. The van der Waals surface area contributed by atoms with Crippen LogP contribution in [0, 0.1) is 0 Å². The van der Waals surface area contributed by atoms with Gasteiger partial charge in [-0.1, -0.05) is 48.5 Å². The Balaban J connectivity index is 0.00000147. The molecule has 0 radical (unpaired) electrons. The fraction of sp³-hybridized carbons (Fsp3) is 0. The van der Waals surface area contributed by atoms with Crippen LogP contribution in [-0.2, 0) is 0 Å². The second-order valence-corrected chi connectivity index (χ2v) is 3.99. The van der Waals surface area contributed by atoms with E-state index in [1.807, 2.05) is 36.4 Å². The first-order valence-electron chi connectivity index (χ1n) is 5.72. The Hall–Kier alpha value is -1.18. The molecule has 1 aromatic heterocycles. The van der Waals surface area contributed by atoms with Crippen molar-refractivity contribution < 1.29 is 56.2 Å². The summed E-state index contributed by atoms with van der Waals surface area (Å²) >= 11 is 0. The average Bonchev–Trinajstić information content (AvgIpc) is 3.01. The summed E-state index contributed by atoms with van der Waals surface area (Å²) in [6.45, 7) is 0. The average molecular weight is 288 g/mol. The molecule has 20 heavy (non-hydrogen) atoms. The number of carbonyl (C=O) groups excluding carboxylic acids is 1. The van der Waals surface area contributed by atoms with Gasteiger partial charge in [-0.05, 0) is 16.7 Å². The van der Waals surface area contributed by atoms with Gasteiger partial charge in [-0.2, -0.15) is 5.21 Å². The van der Waals surface area contributed by atoms with Crippen LogP contribution < -0.4 is 56.5 Å². The summed E-state index contributed by atoms with van der Waals surface area (Å²) in [6, 6.07) is 15.1. The molecule has 0 aliphatic rings. The van der Waals surface area contributed by atoms with Crippen LogP contribution in [0.1, 0.15) is 10.4 Å². The topological polar surface area (TPSA) is 69.8 Å². The van der Waals surface area contributed by atoms with E-state index in [9.17, 15) is 4.79 Å². The molecule has 5 nitrogen and oxygen atoms in total. The van der Waals surface area contributed by atoms with Crippen molar-refractivity contribution in [3.05, 3.63) is 54.1 Å². The molecule has 0 N–H and O–H groups in total. The maximum absolute atomic E-state index is 10.7. The fourth-order valence-corrected chi connectivity index (χ4v) is 1.92. The van der Waals surface area contributed by atoms with Crippen LogP contribution in [0.5, 0.6) is 0 Å². The van der Waals surface area contributed by atoms with Crippen LogP contribution in [-0.4, -0.2) is 21.8 Å². The Bertz CT molecular complexity index is 695. The summed E-state index contributed by atoms with van der Waals surface area (Å²) in [5, 5.41) is 14.8. The van der Waals surface area contributed by atoms with Crippen molar-refractivity contribution >= 4 is 6.29 Å². The van der Waals surface area contributed by atoms with Crippen LogP contribution in [0.15, 0.2) is 48.5 Å². The number of aromatic nitrogens is 4. The Kier molecular flexibility index (Phi) is 5.33. The molecule has 0 saturated carbocycles. The van der Waals surface area contributed by atoms with E-state index >= 15 is 0 Å². The van der Waals surface area contributed by atoms with E-state index in [0.29, 0.717) is 11.4 Å². The molecule has 2 aromatic carbocycles. The zero-order chi connectivity index (χ0) is 13.1. The smallest absolute Gasteiger partial charge is 0.330 e. The van der Waals surface area contributed by atoms with E-state index in [4.69, 9.17) is 0 Å². The molecule has 6 heteroatoms. The number of hydrogen-bond acceptors (Lipinski definition) is 4. The first-order valence-corrected chi connectivity index (χ1v) is 5.72. The van der Waals surface area contributed by atoms with E-state index in [0.717, 1.165) is 23.0 Å². The van der Waals surface area contributed by atoms with Gasteiger partial charge >= 0.3 is 51.4 Å². The molecule has 3 rings (SSSR count). The number of aldehydes is 1. The summed E-state index contributed by atoms with van der Waals surface area (Å²) in [4.78, 5) is 10.7. The summed E-state index contributed by atoms with van der Waals surface area (Å²) in [5.74, 6) is 0.495. The van der Waals surface area contributed by atoms with Crippen LogP contribution in [0.4, 0.5) is 0 Å². The van der Waals surface area contributed by atoms with Crippen LogP contribution >= 0.6 is 0 Å². The third kappa shape index (κ3) is 3.10. The van der Waals surface area contributed by atoms with Gasteiger partial charge in [0.15, 0.2) is 0 Å². The monoisotopic (exact) mass is 288 g/mol. The third-order valence-corrected chi connectivity index (χ3v) is 2.84. The third-order valence-electron chi connectivity index (χ3n) is 2.84. The molecule has 0 fully saturated rings. The molecule has 0 aliphatic carbocycles. The van der Waals surface area contributed by atoms with E-state index in [1.54, 1.807) is 12.1 Å². The number of tetrazole rings is 1. The summed E-state index contributed by atoms with van der Waals surface area (Å²) < 4.78 is 0. The quantitative estimate of drug-likeness (QED) is 0.456. The van der Waals surface area contributed by atoms with Gasteiger partial charge in [-0.15, -0.1) is 0 Å². The van der Waals surface area contributed by atoms with Gasteiger partial charge in [0.25, 0.3) is 0 Å². The molecule has 3 aromatic rings. The molecule has 1 heterocycles. The van der Waals surface area contributed by atoms with Crippen molar-refractivity contribution in [2.45, 2.75) is 0 Å². The van der Waals surface area contributed by atoms with Gasteiger partial charge in [-0.25, -0.2) is 0 Å². The number of hydrogen-bond donors (Lipinski definition) is 0. The van der Waals surface area contributed by atoms with E-state index in [1.165, 1.54) is 0 Å². The van der Waals surface area contributed by atoms with E-state index in [-0.39, 0.29) is 51.4 Å². The van der Waals surface area contributed by atoms with Gasteiger partial charge in [0.1, 0.15) is 6.29 Å². The van der Waals surface area contributed by atoms with E-state index in [2.05, 4.69) is 20.6 Å². The Labute approximate surface area is 158 Å². The zero-order valence-corrected chi connectivity index (χ0v) is 14.0. The molecule has 0 saturated heterocycles. The number of nitrogens with zero attached hydrogens (tertiary/aromatic N) is 4. The molecular formula is C14H9KN4O. The van der Waals surface area contributed by atoms with Crippen LogP contribution in [0.25, 0.3) is 22.5 Å². The van der Waals surface area contributed by atoms with Crippen molar-refractivity contribution in [2.24, 2.45) is 0 Å². The second kappa shape index (κ2) is 7.01. The Morgan fingerprint density at radius 1 is 0.950 bits per heavy atom. The van der Waals surface area contributed by atoms with E-state index < -0.39 is 0 Å². The van der Waals surface area contributed by atoms with Gasteiger partial charge < -0.3 is 5.10 Å². The predicted octanol–water partition coefficient (Wildman–Crippen LogP) is -1.02. The molecule has 0 bridgehead atoms. The first kappa shape index (κ1) is 15.2. The molecule has 0 unspecified atom stereocenters.